The average molecular weight is 274 g/mol. The van der Waals surface area contributed by atoms with Crippen LogP contribution in [-0.4, -0.2) is 28.1 Å². The Bertz CT molecular complexity index is 601. The van der Waals surface area contributed by atoms with Crippen LogP contribution in [0.3, 0.4) is 0 Å². The van der Waals surface area contributed by atoms with Crippen LogP contribution in [0.4, 0.5) is 0 Å². The van der Waals surface area contributed by atoms with Crippen LogP contribution in [0.1, 0.15) is 37.6 Å². The molecule has 0 fully saturated rings. The lowest BCUT2D eigenvalue weighted by atomic mass is 9.88. The number of amides is 1. The Morgan fingerprint density at radius 1 is 1.45 bits per heavy atom. The summed E-state index contributed by atoms with van der Waals surface area (Å²) in [6, 6.07) is 7.45. The van der Waals surface area contributed by atoms with E-state index in [1.54, 1.807) is 13.0 Å². The van der Waals surface area contributed by atoms with Crippen LogP contribution in [0.5, 0.6) is 0 Å². The summed E-state index contributed by atoms with van der Waals surface area (Å²) in [6.07, 6.45) is 2.72. The van der Waals surface area contributed by atoms with Gasteiger partial charge < -0.3 is 15.4 Å². The van der Waals surface area contributed by atoms with Crippen molar-refractivity contribution in [3.05, 3.63) is 36.0 Å². The van der Waals surface area contributed by atoms with Crippen LogP contribution in [0, 0.1) is 5.92 Å². The van der Waals surface area contributed by atoms with Gasteiger partial charge in [-0.1, -0.05) is 20.3 Å². The number of H-pyrrole nitrogens is 1. The molecule has 2 atom stereocenters. The molecule has 1 aromatic carbocycles. The highest BCUT2D eigenvalue weighted by Gasteiger charge is 2.27. The van der Waals surface area contributed by atoms with Crippen molar-refractivity contribution in [3.8, 4) is 0 Å². The minimum Gasteiger partial charge on any atom is -0.388 e. The van der Waals surface area contributed by atoms with E-state index in [2.05, 4.69) is 10.3 Å². The number of nitrogens with one attached hydrogen (secondary N) is 2. The third-order valence-electron chi connectivity index (χ3n) is 4.10. The maximum atomic E-state index is 12.1. The first kappa shape index (κ1) is 14.6. The summed E-state index contributed by atoms with van der Waals surface area (Å²) >= 11 is 0. The lowest BCUT2D eigenvalue weighted by Crippen LogP contribution is -2.45. The van der Waals surface area contributed by atoms with Crippen LogP contribution in [-0.2, 0) is 0 Å². The van der Waals surface area contributed by atoms with Crippen LogP contribution in [0.25, 0.3) is 10.9 Å². The molecule has 0 aliphatic heterocycles. The van der Waals surface area contributed by atoms with Gasteiger partial charge in [0.05, 0.1) is 5.60 Å². The van der Waals surface area contributed by atoms with Crippen molar-refractivity contribution in [3.63, 3.8) is 0 Å². The van der Waals surface area contributed by atoms with E-state index >= 15 is 0 Å². The fraction of sp³-hybridized carbons (Fsp3) is 0.438. The number of fused-ring (bicyclic) bond motifs is 1. The topological polar surface area (TPSA) is 65.1 Å². The van der Waals surface area contributed by atoms with Crippen molar-refractivity contribution in [1.82, 2.24) is 10.3 Å². The molecule has 2 unspecified atom stereocenters. The Morgan fingerprint density at radius 3 is 2.90 bits per heavy atom. The second kappa shape index (κ2) is 5.67. The largest absolute Gasteiger partial charge is 0.388 e. The zero-order valence-electron chi connectivity index (χ0n) is 12.2. The van der Waals surface area contributed by atoms with Crippen molar-refractivity contribution in [2.24, 2.45) is 5.92 Å². The van der Waals surface area contributed by atoms with Gasteiger partial charge in [-0.3, -0.25) is 4.79 Å². The van der Waals surface area contributed by atoms with E-state index in [1.807, 2.05) is 38.2 Å². The summed E-state index contributed by atoms with van der Waals surface area (Å²) in [5.41, 5.74) is 0.730. The fourth-order valence-electron chi connectivity index (χ4n) is 2.17. The molecule has 4 heteroatoms. The van der Waals surface area contributed by atoms with E-state index < -0.39 is 5.60 Å². The number of benzene rings is 1. The summed E-state index contributed by atoms with van der Waals surface area (Å²) in [6.45, 7) is 6.03. The molecule has 20 heavy (non-hydrogen) atoms. The molecule has 1 heterocycles. The number of hydrogen-bond acceptors (Lipinski definition) is 2. The van der Waals surface area contributed by atoms with E-state index in [0.29, 0.717) is 5.56 Å². The molecule has 4 nitrogen and oxygen atoms in total. The Hall–Kier alpha value is -1.81. The summed E-state index contributed by atoms with van der Waals surface area (Å²) in [4.78, 5) is 15.2. The van der Waals surface area contributed by atoms with Gasteiger partial charge in [-0.15, -0.1) is 0 Å². The predicted molar refractivity (Wildman–Crippen MR) is 80.7 cm³/mol. The van der Waals surface area contributed by atoms with E-state index in [-0.39, 0.29) is 18.4 Å². The molecule has 1 aromatic heterocycles. The molecule has 0 aliphatic carbocycles. The van der Waals surface area contributed by atoms with E-state index in [4.69, 9.17) is 0 Å². The summed E-state index contributed by atoms with van der Waals surface area (Å²) in [5, 5.41) is 14.1. The maximum absolute atomic E-state index is 12.1. The molecule has 2 rings (SSSR count). The highest BCUT2D eigenvalue weighted by Crippen LogP contribution is 2.19. The molecule has 0 aliphatic rings. The molecule has 0 saturated carbocycles. The predicted octanol–water partition coefficient (Wildman–Crippen LogP) is 2.69. The summed E-state index contributed by atoms with van der Waals surface area (Å²) in [7, 11) is 0. The molecular formula is C16H22N2O2. The van der Waals surface area contributed by atoms with Gasteiger partial charge in [-0.05, 0) is 37.1 Å². The van der Waals surface area contributed by atoms with Gasteiger partial charge in [-0.25, -0.2) is 0 Å². The second-order valence-corrected chi connectivity index (χ2v) is 5.63. The zero-order valence-corrected chi connectivity index (χ0v) is 12.2. The molecule has 2 aromatic rings. The first-order valence-electron chi connectivity index (χ1n) is 7.01. The number of hydrogen-bond donors (Lipinski definition) is 3. The molecule has 3 N–H and O–H groups in total. The third kappa shape index (κ3) is 3.02. The van der Waals surface area contributed by atoms with Gasteiger partial charge in [0.2, 0.25) is 0 Å². The number of rotatable bonds is 5. The standard InChI is InChI=1S/C16H22N2O2/c1-4-11(2)16(3,20)10-18-15(19)13-5-6-14-12(9-13)7-8-17-14/h5-9,11,17,20H,4,10H2,1-3H3,(H,18,19). The molecule has 108 valence electrons. The molecule has 0 radical (unpaired) electrons. The van der Waals surface area contributed by atoms with Crippen LogP contribution < -0.4 is 5.32 Å². The first-order chi connectivity index (χ1) is 9.44. The Morgan fingerprint density at radius 2 is 2.20 bits per heavy atom. The first-order valence-corrected chi connectivity index (χ1v) is 7.01. The zero-order chi connectivity index (χ0) is 14.8. The van der Waals surface area contributed by atoms with Crippen molar-refractivity contribution < 1.29 is 9.90 Å². The van der Waals surface area contributed by atoms with Crippen LogP contribution in [0.15, 0.2) is 30.5 Å². The maximum Gasteiger partial charge on any atom is 0.251 e. The fourth-order valence-corrected chi connectivity index (χ4v) is 2.17. The van der Waals surface area contributed by atoms with Gasteiger partial charge in [0.25, 0.3) is 5.91 Å². The highest BCUT2D eigenvalue weighted by molar-refractivity contribution is 5.98. The quantitative estimate of drug-likeness (QED) is 0.785. The number of carbonyl (C=O) groups is 1. The smallest absolute Gasteiger partial charge is 0.251 e. The summed E-state index contributed by atoms with van der Waals surface area (Å²) in [5.74, 6) is -0.0216. The average Bonchev–Trinajstić information content (AvgIpc) is 2.91. The minimum atomic E-state index is -0.886. The van der Waals surface area contributed by atoms with E-state index in [1.165, 1.54) is 0 Å². The van der Waals surface area contributed by atoms with Crippen LogP contribution in [0.2, 0.25) is 0 Å². The number of aliphatic hydroxyl groups is 1. The molecule has 0 saturated heterocycles. The van der Waals surface area contributed by atoms with E-state index in [9.17, 15) is 9.90 Å². The molecule has 1 amide bonds. The lowest BCUT2D eigenvalue weighted by Gasteiger charge is -2.29. The normalized spacial score (nSPS) is 15.8. The Balaban J connectivity index is 2.04. The number of aromatic nitrogens is 1. The Labute approximate surface area is 119 Å². The third-order valence-corrected chi connectivity index (χ3v) is 4.10. The lowest BCUT2D eigenvalue weighted by molar-refractivity contribution is 0.00593. The minimum absolute atomic E-state index is 0.134. The monoisotopic (exact) mass is 274 g/mol. The van der Waals surface area contributed by atoms with Gasteiger partial charge >= 0.3 is 0 Å². The van der Waals surface area contributed by atoms with Gasteiger partial charge in [-0.2, -0.15) is 0 Å². The summed E-state index contributed by atoms with van der Waals surface area (Å²) < 4.78 is 0. The van der Waals surface area contributed by atoms with Crippen molar-refractivity contribution in [1.29, 1.82) is 0 Å². The SMILES string of the molecule is CCC(C)C(C)(O)CNC(=O)c1ccc2[nH]ccc2c1. The van der Waals surface area contributed by atoms with E-state index in [0.717, 1.165) is 17.3 Å². The molecule has 0 spiro atoms. The van der Waals surface area contributed by atoms with Gasteiger partial charge in [0, 0.05) is 29.2 Å². The van der Waals surface area contributed by atoms with Crippen molar-refractivity contribution in [2.45, 2.75) is 32.8 Å². The Kier molecular flexibility index (Phi) is 4.14. The van der Waals surface area contributed by atoms with Crippen molar-refractivity contribution >= 4 is 16.8 Å². The highest BCUT2D eigenvalue weighted by atomic mass is 16.3. The number of carbonyl (C=O) groups excluding carboxylic acids is 1. The van der Waals surface area contributed by atoms with Gasteiger partial charge in [0.15, 0.2) is 0 Å². The van der Waals surface area contributed by atoms with Crippen molar-refractivity contribution in [2.75, 3.05) is 6.54 Å². The molecular weight excluding hydrogens is 252 g/mol. The number of aromatic amines is 1. The van der Waals surface area contributed by atoms with Gasteiger partial charge in [0.1, 0.15) is 0 Å². The molecule has 0 bridgehead atoms. The van der Waals surface area contributed by atoms with Crippen LogP contribution >= 0.6 is 0 Å². The second-order valence-electron chi connectivity index (χ2n) is 5.63.